The Bertz CT molecular complexity index is 216. The van der Waals surface area contributed by atoms with Crippen molar-refractivity contribution >= 4 is 5.91 Å². The normalized spacial score (nSPS) is 25.8. The lowest BCUT2D eigenvalue weighted by atomic mass is 9.80. The molecule has 0 unspecified atom stereocenters. The maximum Gasteiger partial charge on any atom is 0.233 e. The van der Waals surface area contributed by atoms with E-state index in [1.807, 2.05) is 6.92 Å². The zero-order valence-electron chi connectivity index (χ0n) is 7.75. The largest absolute Gasteiger partial charge is 0.378 e. The Morgan fingerprint density at radius 2 is 2.38 bits per heavy atom. The summed E-state index contributed by atoms with van der Waals surface area (Å²) in [4.78, 5) is 10.9. The van der Waals surface area contributed by atoms with Crippen LogP contribution in [0.3, 0.4) is 0 Å². The molecule has 0 atom stereocenters. The standard InChI is InChI=1S/C9H14N2O2/c1-2-13-8-3-7(4-8)5-9(12)11-6-10/h7-8H,2-5H2,1H3,(H,11,12). The predicted molar refractivity (Wildman–Crippen MR) is 46.5 cm³/mol. The van der Waals surface area contributed by atoms with Crippen LogP contribution in [0.2, 0.25) is 0 Å². The average molecular weight is 182 g/mol. The Labute approximate surface area is 77.9 Å². The van der Waals surface area contributed by atoms with Crippen LogP contribution in [0.4, 0.5) is 0 Å². The van der Waals surface area contributed by atoms with E-state index in [0.29, 0.717) is 18.4 Å². The fourth-order valence-electron chi connectivity index (χ4n) is 1.59. The van der Waals surface area contributed by atoms with E-state index in [1.54, 1.807) is 6.19 Å². The van der Waals surface area contributed by atoms with Crippen LogP contribution in [-0.2, 0) is 9.53 Å². The number of ether oxygens (including phenoxy) is 1. The fraction of sp³-hybridized carbons (Fsp3) is 0.778. The van der Waals surface area contributed by atoms with Crippen molar-refractivity contribution < 1.29 is 9.53 Å². The highest BCUT2D eigenvalue weighted by Gasteiger charge is 2.30. The van der Waals surface area contributed by atoms with Crippen LogP contribution in [0.1, 0.15) is 26.2 Å². The van der Waals surface area contributed by atoms with Gasteiger partial charge in [0.15, 0.2) is 6.19 Å². The van der Waals surface area contributed by atoms with Crippen molar-refractivity contribution in [1.82, 2.24) is 5.32 Å². The van der Waals surface area contributed by atoms with Gasteiger partial charge in [-0.1, -0.05) is 0 Å². The van der Waals surface area contributed by atoms with E-state index in [-0.39, 0.29) is 5.91 Å². The van der Waals surface area contributed by atoms with Gasteiger partial charge in [0.05, 0.1) is 6.10 Å². The molecule has 0 aromatic carbocycles. The number of nitriles is 1. The molecule has 1 rings (SSSR count). The highest BCUT2D eigenvalue weighted by Crippen LogP contribution is 2.32. The number of rotatable bonds is 4. The zero-order chi connectivity index (χ0) is 9.68. The van der Waals surface area contributed by atoms with Crippen molar-refractivity contribution in [3.05, 3.63) is 0 Å². The predicted octanol–water partition coefficient (Wildman–Crippen LogP) is 0.789. The van der Waals surface area contributed by atoms with Gasteiger partial charge in [0.2, 0.25) is 5.91 Å². The van der Waals surface area contributed by atoms with E-state index >= 15 is 0 Å². The second-order valence-corrected chi connectivity index (χ2v) is 3.28. The molecule has 1 N–H and O–H groups in total. The molecular formula is C9H14N2O2. The molecular weight excluding hydrogens is 168 g/mol. The van der Waals surface area contributed by atoms with Crippen molar-refractivity contribution in [2.75, 3.05) is 6.61 Å². The van der Waals surface area contributed by atoms with Gasteiger partial charge in [-0.3, -0.25) is 10.1 Å². The highest BCUT2D eigenvalue weighted by molar-refractivity contribution is 5.77. The first kappa shape index (κ1) is 10.0. The van der Waals surface area contributed by atoms with E-state index in [2.05, 4.69) is 5.32 Å². The topological polar surface area (TPSA) is 62.1 Å². The van der Waals surface area contributed by atoms with Gasteiger partial charge >= 0.3 is 0 Å². The lowest BCUT2D eigenvalue weighted by Gasteiger charge is -2.34. The first-order valence-corrected chi connectivity index (χ1v) is 4.55. The van der Waals surface area contributed by atoms with Gasteiger partial charge in [0, 0.05) is 13.0 Å². The molecule has 0 radical (unpaired) electrons. The van der Waals surface area contributed by atoms with Gasteiger partial charge in [0.1, 0.15) is 0 Å². The molecule has 0 aromatic heterocycles. The molecule has 1 fully saturated rings. The molecule has 0 spiro atoms. The van der Waals surface area contributed by atoms with Crippen molar-refractivity contribution in [2.45, 2.75) is 32.3 Å². The van der Waals surface area contributed by atoms with Crippen LogP contribution < -0.4 is 5.32 Å². The Kier molecular flexibility index (Phi) is 3.71. The third-order valence-electron chi connectivity index (χ3n) is 2.26. The molecule has 0 aromatic rings. The second kappa shape index (κ2) is 4.83. The Morgan fingerprint density at radius 1 is 1.69 bits per heavy atom. The summed E-state index contributed by atoms with van der Waals surface area (Å²) in [6.45, 7) is 2.71. The van der Waals surface area contributed by atoms with Crippen LogP contribution in [0.5, 0.6) is 0 Å². The number of hydrogen-bond acceptors (Lipinski definition) is 3. The first-order valence-electron chi connectivity index (χ1n) is 4.55. The molecule has 1 saturated carbocycles. The summed E-state index contributed by atoms with van der Waals surface area (Å²) in [5.41, 5.74) is 0. The number of carbonyl (C=O) groups is 1. The zero-order valence-corrected chi connectivity index (χ0v) is 7.75. The lowest BCUT2D eigenvalue weighted by molar-refractivity contribution is -0.123. The van der Waals surface area contributed by atoms with E-state index < -0.39 is 0 Å². The molecule has 0 heterocycles. The summed E-state index contributed by atoms with van der Waals surface area (Å²) in [6, 6.07) is 0. The number of nitrogens with one attached hydrogen (secondary N) is 1. The first-order chi connectivity index (χ1) is 6.26. The summed E-state index contributed by atoms with van der Waals surface area (Å²) in [5.74, 6) is 0.229. The lowest BCUT2D eigenvalue weighted by Crippen LogP contribution is -2.34. The van der Waals surface area contributed by atoms with E-state index in [1.165, 1.54) is 0 Å². The number of carbonyl (C=O) groups excluding carboxylic acids is 1. The monoisotopic (exact) mass is 182 g/mol. The summed E-state index contributed by atoms with van der Waals surface area (Å²) < 4.78 is 5.35. The summed E-state index contributed by atoms with van der Waals surface area (Å²) in [6.07, 6.45) is 4.32. The minimum atomic E-state index is -0.178. The molecule has 0 bridgehead atoms. The summed E-state index contributed by atoms with van der Waals surface area (Å²) >= 11 is 0. The van der Waals surface area contributed by atoms with Crippen LogP contribution >= 0.6 is 0 Å². The van der Waals surface area contributed by atoms with Gasteiger partial charge in [0.25, 0.3) is 0 Å². The van der Waals surface area contributed by atoms with Crippen molar-refractivity contribution in [1.29, 1.82) is 5.26 Å². The minimum absolute atomic E-state index is 0.178. The quantitative estimate of drug-likeness (QED) is 0.516. The van der Waals surface area contributed by atoms with Crippen LogP contribution in [0, 0.1) is 17.4 Å². The molecule has 0 saturated heterocycles. The molecule has 4 heteroatoms. The van der Waals surface area contributed by atoms with Crippen molar-refractivity contribution in [3.63, 3.8) is 0 Å². The van der Waals surface area contributed by atoms with Crippen molar-refractivity contribution in [3.8, 4) is 6.19 Å². The number of nitrogens with zero attached hydrogens (tertiary/aromatic N) is 1. The Morgan fingerprint density at radius 3 is 2.92 bits per heavy atom. The van der Waals surface area contributed by atoms with E-state index in [4.69, 9.17) is 10.00 Å². The maximum absolute atomic E-state index is 10.9. The van der Waals surface area contributed by atoms with Gasteiger partial charge in [-0.05, 0) is 25.7 Å². The van der Waals surface area contributed by atoms with Gasteiger partial charge in [-0.2, -0.15) is 5.26 Å². The van der Waals surface area contributed by atoms with Crippen LogP contribution in [-0.4, -0.2) is 18.6 Å². The SMILES string of the molecule is CCOC1CC(CC(=O)NC#N)C1. The molecule has 13 heavy (non-hydrogen) atoms. The Balaban J connectivity index is 2.08. The average Bonchev–Trinajstić information content (AvgIpc) is 2.01. The molecule has 1 aliphatic carbocycles. The molecule has 4 nitrogen and oxygen atoms in total. The van der Waals surface area contributed by atoms with Gasteiger partial charge < -0.3 is 4.74 Å². The Hall–Kier alpha value is -1.08. The van der Waals surface area contributed by atoms with E-state index in [9.17, 15) is 4.79 Å². The van der Waals surface area contributed by atoms with Crippen LogP contribution in [0.15, 0.2) is 0 Å². The number of hydrogen-bond donors (Lipinski definition) is 1. The number of amides is 1. The molecule has 72 valence electrons. The minimum Gasteiger partial charge on any atom is -0.378 e. The van der Waals surface area contributed by atoms with Gasteiger partial charge in [-0.15, -0.1) is 0 Å². The fourth-order valence-corrected chi connectivity index (χ4v) is 1.59. The molecule has 1 amide bonds. The summed E-state index contributed by atoms with van der Waals surface area (Å²) in [7, 11) is 0. The van der Waals surface area contributed by atoms with E-state index in [0.717, 1.165) is 19.4 Å². The molecule has 0 aliphatic heterocycles. The third-order valence-corrected chi connectivity index (χ3v) is 2.26. The van der Waals surface area contributed by atoms with Crippen LogP contribution in [0.25, 0.3) is 0 Å². The third kappa shape index (κ3) is 3.03. The maximum atomic E-state index is 10.9. The smallest absolute Gasteiger partial charge is 0.233 e. The summed E-state index contributed by atoms with van der Waals surface area (Å²) in [5, 5.41) is 10.3. The molecule has 1 aliphatic rings. The van der Waals surface area contributed by atoms with Crippen molar-refractivity contribution in [2.24, 2.45) is 5.92 Å². The second-order valence-electron chi connectivity index (χ2n) is 3.28. The highest BCUT2D eigenvalue weighted by atomic mass is 16.5. The van der Waals surface area contributed by atoms with Gasteiger partial charge in [-0.25, -0.2) is 0 Å².